The maximum atomic E-state index is 13.1. The molecule has 0 bridgehead atoms. The summed E-state index contributed by atoms with van der Waals surface area (Å²) < 4.78 is 39.4. The Labute approximate surface area is 149 Å². The zero-order valence-corrected chi connectivity index (χ0v) is 15.2. The van der Waals surface area contributed by atoms with E-state index < -0.39 is 17.3 Å². The molecule has 4 nitrogen and oxygen atoms in total. The lowest BCUT2D eigenvalue weighted by molar-refractivity contribution is -0.138. The fourth-order valence-electron chi connectivity index (χ4n) is 3.20. The summed E-state index contributed by atoms with van der Waals surface area (Å²) in [4.78, 5) is 18.4. The molecule has 8 heteroatoms. The number of carbonyl (C=O) groups excluding carboxylic acids is 1. The van der Waals surface area contributed by atoms with Crippen LogP contribution in [0, 0.1) is 18.3 Å². The molecule has 1 aliphatic rings. The molecule has 25 heavy (non-hydrogen) atoms. The van der Waals surface area contributed by atoms with Gasteiger partial charge in [-0.15, -0.1) is 0 Å². The molecule has 1 aromatic heterocycles. The monoisotopic (exact) mass is 371 g/mol. The third-order valence-corrected chi connectivity index (χ3v) is 5.31. The molecule has 0 aromatic carbocycles. The van der Waals surface area contributed by atoms with Gasteiger partial charge in [-0.05, 0) is 46.1 Å². The van der Waals surface area contributed by atoms with Crippen LogP contribution < -0.4 is 0 Å². The Hall–Kier alpha value is -1.75. The number of carbonyl (C=O) groups is 1. The van der Waals surface area contributed by atoms with Gasteiger partial charge in [-0.25, -0.2) is 4.98 Å². The second-order valence-corrected chi connectivity index (χ2v) is 7.28. The van der Waals surface area contributed by atoms with Crippen molar-refractivity contribution in [2.45, 2.75) is 63.3 Å². The number of amides is 1. The highest BCUT2D eigenvalue weighted by atomic mass is 32.2. The van der Waals surface area contributed by atoms with Gasteiger partial charge in [0, 0.05) is 17.8 Å². The predicted molar refractivity (Wildman–Crippen MR) is 89.0 cm³/mol. The van der Waals surface area contributed by atoms with E-state index in [0.29, 0.717) is 0 Å². The van der Waals surface area contributed by atoms with Crippen LogP contribution >= 0.6 is 11.8 Å². The molecule has 0 unspecified atom stereocenters. The quantitative estimate of drug-likeness (QED) is 0.749. The molecular weight excluding hydrogens is 351 g/mol. The van der Waals surface area contributed by atoms with E-state index in [2.05, 4.69) is 4.98 Å². The second-order valence-electron chi connectivity index (χ2n) is 6.32. The molecule has 0 N–H and O–H groups in total. The van der Waals surface area contributed by atoms with E-state index in [4.69, 9.17) is 5.26 Å². The Bertz CT molecular complexity index is 690. The standard InChI is InChI=1S/C17H20F3N3OS/c1-10-7-14(17(18,19)20)13(8-21)16(22-10)25-9-15(24)23-11(2)5-4-6-12(23)3/h7,11-12H,4-6,9H2,1-3H3/t11-,12-/m0/s1. The van der Waals surface area contributed by atoms with Crippen LogP contribution in [-0.2, 0) is 11.0 Å². The minimum absolute atomic E-state index is 0.0306. The number of rotatable bonds is 3. The van der Waals surface area contributed by atoms with Crippen LogP contribution in [-0.4, -0.2) is 33.6 Å². The van der Waals surface area contributed by atoms with Gasteiger partial charge in [-0.3, -0.25) is 4.79 Å². The highest BCUT2D eigenvalue weighted by molar-refractivity contribution is 8.00. The summed E-state index contributed by atoms with van der Waals surface area (Å²) in [6.07, 6.45) is -1.73. The molecule has 1 fully saturated rings. The molecule has 1 saturated heterocycles. The summed E-state index contributed by atoms with van der Waals surface area (Å²) in [5.41, 5.74) is -1.35. The minimum atomic E-state index is -4.63. The lowest BCUT2D eigenvalue weighted by atomic mass is 9.98. The number of aryl methyl sites for hydroxylation is 1. The van der Waals surface area contributed by atoms with Crippen molar-refractivity contribution in [3.63, 3.8) is 0 Å². The zero-order valence-electron chi connectivity index (χ0n) is 14.4. The third kappa shape index (κ3) is 4.46. The average molecular weight is 371 g/mol. The van der Waals surface area contributed by atoms with E-state index in [9.17, 15) is 18.0 Å². The zero-order chi connectivity index (χ0) is 18.8. The number of halogens is 3. The van der Waals surface area contributed by atoms with Crippen LogP contribution in [0.1, 0.15) is 49.9 Å². The van der Waals surface area contributed by atoms with Gasteiger partial charge in [-0.1, -0.05) is 11.8 Å². The number of aromatic nitrogens is 1. The van der Waals surface area contributed by atoms with E-state index in [1.807, 2.05) is 13.8 Å². The Morgan fingerprint density at radius 1 is 1.40 bits per heavy atom. The number of piperidine rings is 1. The molecule has 136 valence electrons. The number of nitrogens with zero attached hydrogens (tertiary/aromatic N) is 3. The maximum Gasteiger partial charge on any atom is 0.417 e. The molecule has 1 aromatic rings. The first-order valence-electron chi connectivity index (χ1n) is 8.08. The van der Waals surface area contributed by atoms with Crippen LogP contribution in [0.5, 0.6) is 0 Å². The van der Waals surface area contributed by atoms with E-state index in [-0.39, 0.29) is 34.5 Å². The number of thioether (sulfide) groups is 1. The first kappa shape index (κ1) is 19.6. The van der Waals surface area contributed by atoms with Gasteiger partial charge in [0.25, 0.3) is 0 Å². The average Bonchev–Trinajstić information content (AvgIpc) is 2.51. The van der Waals surface area contributed by atoms with Crippen LogP contribution in [0.25, 0.3) is 0 Å². The van der Waals surface area contributed by atoms with E-state index >= 15 is 0 Å². The fourth-order valence-corrected chi connectivity index (χ4v) is 4.12. The summed E-state index contributed by atoms with van der Waals surface area (Å²) in [6, 6.07) is 2.68. The van der Waals surface area contributed by atoms with Gasteiger partial charge in [0.1, 0.15) is 11.1 Å². The molecule has 1 aliphatic heterocycles. The van der Waals surface area contributed by atoms with Crippen molar-refractivity contribution < 1.29 is 18.0 Å². The molecule has 2 atom stereocenters. The normalized spacial score (nSPS) is 21.1. The molecular formula is C17H20F3N3OS. The number of alkyl halides is 3. The maximum absolute atomic E-state index is 13.1. The fraction of sp³-hybridized carbons (Fsp3) is 0.588. The van der Waals surface area contributed by atoms with Crippen molar-refractivity contribution >= 4 is 17.7 Å². The van der Waals surface area contributed by atoms with Gasteiger partial charge in [0.15, 0.2) is 0 Å². The molecule has 2 heterocycles. The SMILES string of the molecule is Cc1cc(C(F)(F)F)c(C#N)c(SCC(=O)N2[C@@H](C)CCC[C@@H]2C)n1. The Morgan fingerprint density at radius 2 is 2.00 bits per heavy atom. The summed E-state index contributed by atoms with van der Waals surface area (Å²) in [7, 11) is 0. The van der Waals surface area contributed by atoms with Crippen LogP contribution in [0.2, 0.25) is 0 Å². The number of hydrogen-bond donors (Lipinski definition) is 0. The minimum Gasteiger partial charge on any atom is -0.337 e. The topological polar surface area (TPSA) is 57.0 Å². The molecule has 1 amide bonds. The second kappa shape index (κ2) is 7.65. The molecule has 0 aliphatic carbocycles. The number of pyridine rings is 1. The molecule has 0 saturated carbocycles. The highest BCUT2D eigenvalue weighted by Gasteiger charge is 2.36. The Kier molecular flexibility index (Phi) is 5.99. The Morgan fingerprint density at radius 3 is 2.52 bits per heavy atom. The molecule has 0 spiro atoms. The summed E-state index contributed by atoms with van der Waals surface area (Å²) in [5, 5.41) is 9.11. The van der Waals surface area contributed by atoms with Gasteiger partial charge >= 0.3 is 6.18 Å². The van der Waals surface area contributed by atoms with E-state index in [1.165, 1.54) is 6.92 Å². The van der Waals surface area contributed by atoms with Gasteiger partial charge in [-0.2, -0.15) is 18.4 Å². The van der Waals surface area contributed by atoms with Crippen molar-refractivity contribution in [3.8, 4) is 6.07 Å². The van der Waals surface area contributed by atoms with Crippen molar-refractivity contribution in [2.24, 2.45) is 0 Å². The third-order valence-electron chi connectivity index (χ3n) is 4.35. The van der Waals surface area contributed by atoms with Crippen molar-refractivity contribution in [3.05, 3.63) is 22.9 Å². The van der Waals surface area contributed by atoms with Crippen LogP contribution in [0.4, 0.5) is 13.2 Å². The first-order chi connectivity index (χ1) is 11.6. The van der Waals surface area contributed by atoms with Crippen LogP contribution in [0.3, 0.4) is 0 Å². The van der Waals surface area contributed by atoms with Crippen molar-refractivity contribution in [1.29, 1.82) is 5.26 Å². The predicted octanol–water partition coefficient (Wildman–Crippen LogP) is 4.16. The summed E-state index contributed by atoms with van der Waals surface area (Å²) in [6.45, 7) is 5.40. The number of hydrogen-bond acceptors (Lipinski definition) is 4. The van der Waals surface area contributed by atoms with Gasteiger partial charge < -0.3 is 4.90 Å². The van der Waals surface area contributed by atoms with Crippen molar-refractivity contribution in [2.75, 3.05) is 5.75 Å². The lowest BCUT2D eigenvalue weighted by Crippen LogP contribution is -2.48. The largest absolute Gasteiger partial charge is 0.417 e. The lowest BCUT2D eigenvalue weighted by Gasteiger charge is -2.39. The highest BCUT2D eigenvalue weighted by Crippen LogP contribution is 2.36. The van der Waals surface area contributed by atoms with Gasteiger partial charge in [0.05, 0.1) is 16.9 Å². The van der Waals surface area contributed by atoms with E-state index in [1.54, 1.807) is 11.0 Å². The number of likely N-dealkylation sites (tertiary alicyclic amines) is 1. The van der Waals surface area contributed by atoms with Crippen LogP contribution in [0.15, 0.2) is 11.1 Å². The van der Waals surface area contributed by atoms with E-state index in [0.717, 1.165) is 37.1 Å². The molecule has 0 radical (unpaired) electrons. The Balaban J connectivity index is 2.22. The molecule has 2 rings (SSSR count). The van der Waals surface area contributed by atoms with Crippen molar-refractivity contribution in [1.82, 2.24) is 9.88 Å². The summed E-state index contributed by atoms with van der Waals surface area (Å²) in [5.74, 6) is -0.164. The first-order valence-corrected chi connectivity index (χ1v) is 9.06. The number of nitriles is 1. The smallest absolute Gasteiger partial charge is 0.337 e. The summed E-state index contributed by atoms with van der Waals surface area (Å²) >= 11 is 0.897. The van der Waals surface area contributed by atoms with Gasteiger partial charge in [0.2, 0.25) is 5.91 Å².